The Kier molecular flexibility index (Phi) is 3.95. The van der Waals surface area contributed by atoms with Gasteiger partial charge >= 0.3 is 0 Å². The van der Waals surface area contributed by atoms with Crippen LogP contribution in [-0.2, 0) is 6.61 Å². The van der Waals surface area contributed by atoms with Crippen molar-refractivity contribution in [1.82, 2.24) is 4.98 Å². The SMILES string of the molecule is CC(=O)c1ccc(OCc2ccccc2Cl)cn1. The molecule has 0 aliphatic rings. The van der Waals surface area contributed by atoms with Crippen LogP contribution in [0.2, 0.25) is 5.02 Å². The van der Waals surface area contributed by atoms with Gasteiger partial charge in [0.05, 0.1) is 6.20 Å². The molecule has 0 fully saturated rings. The number of ketones is 1. The number of nitrogens with zero attached hydrogens (tertiary/aromatic N) is 1. The lowest BCUT2D eigenvalue weighted by atomic mass is 10.2. The van der Waals surface area contributed by atoms with Crippen LogP contribution in [0.25, 0.3) is 0 Å². The van der Waals surface area contributed by atoms with Crippen LogP contribution in [-0.4, -0.2) is 10.8 Å². The zero-order chi connectivity index (χ0) is 13.0. The topological polar surface area (TPSA) is 39.2 Å². The van der Waals surface area contributed by atoms with E-state index in [4.69, 9.17) is 16.3 Å². The molecule has 0 amide bonds. The van der Waals surface area contributed by atoms with Crippen LogP contribution in [0.1, 0.15) is 23.0 Å². The minimum atomic E-state index is -0.0624. The monoisotopic (exact) mass is 261 g/mol. The highest BCUT2D eigenvalue weighted by Crippen LogP contribution is 2.18. The molecule has 3 nitrogen and oxygen atoms in total. The summed E-state index contributed by atoms with van der Waals surface area (Å²) in [6, 6.07) is 10.9. The Balaban J connectivity index is 2.02. The molecule has 0 saturated heterocycles. The lowest BCUT2D eigenvalue weighted by Gasteiger charge is -2.07. The second-order valence-electron chi connectivity index (χ2n) is 3.82. The zero-order valence-electron chi connectivity index (χ0n) is 9.89. The van der Waals surface area contributed by atoms with Gasteiger partial charge < -0.3 is 4.74 Å². The fourth-order valence-corrected chi connectivity index (χ4v) is 1.64. The molecule has 0 bridgehead atoms. The van der Waals surface area contributed by atoms with Crippen LogP contribution >= 0.6 is 11.6 Å². The van der Waals surface area contributed by atoms with E-state index < -0.39 is 0 Å². The van der Waals surface area contributed by atoms with E-state index in [-0.39, 0.29) is 5.78 Å². The van der Waals surface area contributed by atoms with Crippen LogP contribution in [0.5, 0.6) is 5.75 Å². The second kappa shape index (κ2) is 5.65. The molecule has 2 aromatic rings. The molecule has 0 saturated carbocycles. The fraction of sp³-hybridized carbons (Fsp3) is 0.143. The predicted molar refractivity (Wildman–Crippen MR) is 70.0 cm³/mol. The van der Waals surface area contributed by atoms with E-state index in [1.54, 1.807) is 12.1 Å². The van der Waals surface area contributed by atoms with E-state index in [1.807, 2.05) is 24.3 Å². The molecule has 1 aromatic heterocycles. The molecule has 0 N–H and O–H groups in total. The number of benzene rings is 1. The molecule has 0 unspecified atom stereocenters. The first-order chi connectivity index (χ1) is 8.66. The van der Waals surface area contributed by atoms with Crippen molar-refractivity contribution >= 4 is 17.4 Å². The first kappa shape index (κ1) is 12.6. The molecular weight excluding hydrogens is 250 g/mol. The Morgan fingerprint density at radius 2 is 2.06 bits per heavy atom. The lowest BCUT2D eigenvalue weighted by Crippen LogP contribution is -1.99. The van der Waals surface area contributed by atoms with Gasteiger partial charge in [0.1, 0.15) is 18.1 Å². The maximum atomic E-state index is 11.1. The minimum Gasteiger partial charge on any atom is -0.487 e. The van der Waals surface area contributed by atoms with Crippen LogP contribution in [0.15, 0.2) is 42.6 Å². The van der Waals surface area contributed by atoms with Crippen molar-refractivity contribution in [3.63, 3.8) is 0 Å². The molecule has 2 rings (SSSR count). The number of carbonyl (C=O) groups is 1. The van der Waals surface area contributed by atoms with Gasteiger partial charge in [0.2, 0.25) is 0 Å². The highest BCUT2D eigenvalue weighted by Gasteiger charge is 2.03. The highest BCUT2D eigenvalue weighted by molar-refractivity contribution is 6.31. The number of ether oxygens (including phenoxy) is 1. The molecule has 18 heavy (non-hydrogen) atoms. The Bertz CT molecular complexity index is 552. The Labute approximate surface area is 110 Å². The van der Waals surface area contributed by atoms with E-state index >= 15 is 0 Å². The molecule has 1 heterocycles. The summed E-state index contributed by atoms with van der Waals surface area (Å²) in [5.41, 5.74) is 1.34. The summed E-state index contributed by atoms with van der Waals surface area (Å²) >= 11 is 6.02. The molecule has 0 aliphatic carbocycles. The normalized spacial score (nSPS) is 10.1. The van der Waals surface area contributed by atoms with Crippen LogP contribution < -0.4 is 4.74 Å². The van der Waals surface area contributed by atoms with Crippen molar-refractivity contribution in [3.8, 4) is 5.75 Å². The maximum absolute atomic E-state index is 11.1. The molecule has 0 spiro atoms. The second-order valence-corrected chi connectivity index (χ2v) is 4.22. The average Bonchev–Trinajstić information content (AvgIpc) is 2.38. The van der Waals surface area contributed by atoms with Gasteiger partial charge in [0, 0.05) is 17.5 Å². The minimum absolute atomic E-state index is 0.0624. The van der Waals surface area contributed by atoms with E-state index in [1.165, 1.54) is 13.1 Å². The summed E-state index contributed by atoms with van der Waals surface area (Å²) in [6.45, 7) is 1.85. The number of pyridine rings is 1. The number of aromatic nitrogens is 1. The highest BCUT2D eigenvalue weighted by atomic mass is 35.5. The zero-order valence-corrected chi connectivity index (χ0v) is 10.6. The fourth-order valence-electron chi connectivity index (χ4n) is 1.45. The van der Waals surface area contributed by atoms with E-state index in [0.717, 1.165) is 5.56 Å². The molecule has 92 valence electrons. The third kappa shape index (κ3) is 3.08. The summed E-state index contributed by atoms with van der Waals surface area (Å²) in [5, 5.41) is 0.672. The Hall–Kier alpha value is -1.87. The third-order valence-corrected chi connectivity index (χ3v) is 2.82. The van der Waals surface area contributed by atoms with Gasteiger partial charge in [-0.05, 0) is 18.2 Å². The van der Waals surface area contributed by atoms with Crippen LogP contribution in [0.3, 0.4) is 0 Å². The smallest absolute Gasteiger partial charge is 0.178 e. The number of hydrogen-bond donors (Lipinski definition) is 0. The van der Waals surface area contributed by atoms with Crippen molar-refractivity contribution in [1.29, 1.82) is 0 Å². The Morgan fingerprint density at radius 1 is 1.28 bits per heavy atom. The first-order valence-corrected chi connectivity index (χ1v) is 5.88. The number of carbonyl (C=O) groups excluding carboxylic acids is 1. The number of hydrogen-bond acceptors (Lipinski definition) is 3. The van der Waals surface area contributed by atoms with E-state index in [9.17, 15) is 4.79 Å². The largest absolute Gasteiger partial charge is 0.487 e. The predicted octanol–water partition coefficient (Wildman–Crippen LogP) is 3.52. The third-order valence-electron chi connectivity index (χ3n) is 2.45. The van der Waals surface area contributed by atoms with Crippen molar-refractivity contribution in [3.05, 3.63) is 58.9 Å². The molecule has 1 aromatic carbocycles. The van der Waals surface area contributed by atoms with Gasteiger partial charge in [-0.3, -0.25) is 4.79 Å². The maximum Gasteiger partial charge on any atom is 0.178 e. The summed E-state index contributed by atoms with van der Waals surface area (Å²) in [4.78, 5) is 15.1. The van der Waals surface area contributed by atoms with Gasteiger partial charge in [-0.15, -0.1) is 0 Å². The van der Waals surface area contributed by atoms with Gasteiger partial charge in [0.15, 0.2) is 5.78 Å². The molecular formula is C14H12ClNO2. The van der Waals surface area contributed by atoms with Gasteiger partial charge in [0.25, 0.3) is 0 Å². The van der Waals surface area contributed by atoms with Crippen molar-refractivity contribution < 1.29 is 9.53 Å². The number of rotatable bonds is 4. The lowest BCUT2D eigenvalue weighted by molar-refractivity contribution is 0.101. The van der Waals surface area contributed by atoms with Gasteiger partial charge in [-0.25, -0.2) is 4.98 Å². The molecule has 0 aliphatic heterocycles. The number of halogens is 1. The van der Waals surface area contributed by atoms with Gasteiger partial charge in [-0.1, -0.05) is 29.8 Å². The van der Waals surface area contributed by atoms with Crippen molar-refractivity contribution in [2.45, 2.75) is 13.5 Å². The van der Waals surface area contributed by atoms with Crippen molar-refractivity contribution in [2.75, 3.05) is 0 Å². The average molecular weight is 262 g/mol. The van der Waals surface area contributed by atoms with E-state index in [2.05, 4.69) is 4.98 Å². The molecule has 0 atom stereocenters. The van der Waals surface area contributed by atoms with E-state index in [0.29, 0.717) is 23.1 Å². The molecule has 0 radical (unpaired) electrons. The van der Waals surface area contributed by atoms with Gasteiger partial charge in [-0.2, -0.15) is 0 Å². The van der Waals surface area contributed by atoms with Crippen LogP contribution in [0.4, 0.5) is 0 Å². The molecule has 4 heteroatoms. The van der Waals surface area contributed by atoms with Crippen LogP contribution in [0, 0.1) is 0 Å². The standard InChI is InChI=1S/C14H12ClNO2/c1-10(17)14-7-6-12(8-16-14)18-9-11-4-2-3-5-13(11)15/h2-8H,9H2,1H3. The Morgan fingerprint density at radius 3 is 2.67 bits per heavy atom. The summed E-state index contributed by atoms with van der Waals surface area (Å²) in [6.07, 6.45) is 1.54. The number of Topliss-reactive ketones (excluding diaryl/α,β-unsaturated/α-hetero) is 1. The quantitative estimate of drug-likeness (QED) is 0.791. The first-order valence-electron chi connectivity index (χ1n) is 5.50. The summed E-state index contributed by atoms with van der Waals surface area (Å²) < 4.78 is 5.55. The summed E-state index contributed by atoms with van der Waals surface area (Å²) in [7, 11) is 0. The van der Waals surface area contributed by atoms with Crippen molar-refractivity contribution in [2.24, 2.45) is 0 Å². The summed E-state index contributed by atoms with van der Waals surface area (Å²) in [5.74, 6) is 0.549.